The molecule has 63 heavy (non-hydrogen) atoms. The zero-order chi connectivity index (χ0) is 43.5. The van der Waals surface area contributed by atoms with Crippen molar-refractivity contribution >= 4 is 82.4 Å². The second-order valence-electron chi connectivity index (χ2n) is 15.4. The van der Waals surface area contributed by atoms with Crippen molar-refractivity contribution in [1.82, 2.24) is 4.49 Å². The summed E-state index contributed by atoms with van der Waals surface area (Å²) in [4.78, 5) is 0. The monoisotopic (exact) mass is 881 g/mol. The molecule has 0 amide bonds. The molecule has 13 heteroatoms. The summed E-state index contributed by atoms with van der Waals surface area (Å²) >= 11 is 0. The van der Waals surface area contributed by atoms with Crippen LogP contribution in [0.4, 0.5) is 22.0 Å². The lowest BCUT2D eigenvalue weighted by atomic mass is 9.84. The first-order valence-electron chi connectivity index (χ1n) is 19.6. The Hall–Kier alpha value is -6.85. The Morgan fingerprint density at radius 2 is 0.714 bits per heavy atom. The number of nitrogens with one attached hydrogen (secondary N) is 1. The van der Waals surface area contributed by atoms with E-state index in [2.05, 4.69) is 0 Å². The lowest BCUT2D eigenvalue weighted by Crippen LogP contribution is -2.49. The zero-order valence-corrected chi connectivity index (χ0v) is 34.2. The topological polar surface area (TPSA) is 81.7 Å². The van der Waals surface area contributed by atoms with Gasteiger partial charge in [-0.3, -0.25) is 0 Å². The van der Waals surface area contributed by atoms with Crippen molar-refractivity contribution in [2.75, 3.05) is 0 Å². The molecule has 10 aromatic carbocycles. The van der Waals surface area contributed by atoms with Gasteiger partial charge in [-0.05, 0) is 100 Å². The minimum Gasteiger partial charge on any atom is -0.403 e. The average Bonchev–Trinajstić information content (AvgIpc) is 3.41. The molecule has 6 nitrogen and oxygen atoms in total. The number of hydrogen-bond acceptors (Lipinski definition) is 5. The standard InChI is InChI=1S/C50H29F5NO5PS/c51-49(52,53)50(54,55)63(58,59)56-62(57)60-47-43(41-25-29-13-1-5-17-33(29)37-21-9-11-23-39(37)41)27-31-15-3-7-19-35(31)45(47)46-36-20-8-4-16-32(36)28-44(48(46)61-62)42-26-30-14-2-6-18-34(30)38-22-10-12-24-40(38)42/h1-28H,(H,56,57). The Bertz CT molecular complexity index is 3550. The molecule has 1 heterocycles. The molecule has 0 atom stereocenters. The second kappa shape index (κ2) is 13.8. The predicted octanol–water partition coefficient (Wildman–Crippen LogP) is 14.6. The van der Waals surface area contributed by atoms with Crippen molar-refractivity contribution < 1.29 is 44.0 Å². The number of halogens is 5. The summed E-state index contributed by atoms with van der Waals surface area (Å²) in [5.41, 5.74) is 2.03. The molecule has 11 rings (SSSR count). The van der Waals surface area contributed by atoms with Crippen LogP contribution in [0.5, 0.6) is 11.5 Å². The van der Waals surface area contributed by atoms with Crippen molar-refractivity contribution in [1.29, 1.82) is 0 Å². The highest BCUT2D eigenvalue weighted by atomic mass is 32.2. The Labute approximate surface area is 355 Å². The largest absolute Gasteiger partial charge is 0.526 e. The Kier molecular flexibility index (Phi) is 8.57. The molecule has 0 radical (unpaired) electrons. The molecule has 1 aliphatic rings. The van der Waals surface area contributed by atoms with Gasteiger partial charge in [0.2, 0.25) is 0 Å². The van der Waals surface area contributed by atoms with E-state index in [4.69, 9.17) is 9.05 Å². The van der Waals surface area contributed by atoms with Crippen LogP contribution in [-0.4, -0.2) is 19.8 Å². The normalized spacial score (nSPS) is 14.1. The first kappa shape index (κ1) is 39.0. The summed E-state index contributed by atoms with van der Waals surface area (Å²) < 4.78 is 128. The third-order valence-electron chi connectivity index (χ3n) is 11.7. The number of hydrogen-bond donors (Lipinski definition) is 1. The van der Waals surface area contributed by atoms with Gasteiger partial charge in [-0.1, -0.05) is 150 Å². The molecule has 0 aliphatic carbocycles. The van der Waals surface area contributed by atoms with Crippen LogP contribution in [0.15, 0.2) is 170 Å². The van der Waals surface area contributed by atoms with Gasteiger partial charge in [-0.2, -0.15) is 22.0 Å². The van der Waals surface area contributed by atoms with Crippen molar-refractivity contribution in [3.8, 4) is 44.9 Å². The molecule has 0 saturated carbocycles. The molecule has 0 aromatic heterocycles. The van der Waals surface area contributed by atoms with E-state index in [9.17, 15) is 21.6 Å². The highest BCUT2D eigenvalue weighted by Gasteiger charge is 2.69. The third-order valence-corrected chi connectivity index (χ3v) is 15.3. The smallest absolute Gasteiger partial charge is 0.403 e. The van der Waals surface area contributed by atoms with Crippen LogP contribution in [-0.2, 0) is 14.6 Å². The van der Waals surface area contributed by atoms with Crippen molar-refractivity contribution in [3.05, 3.63) is 170 Å². The second-order valence-corrected chi connectivity index (χ2v) is 19.0. The third kappa shape index (κ3) is 6.00. The lowest BCUT2D eigenvalue weighted by Gasteiger charge is -2.25. The van der Waals surface area contributed by atoms with E-state index in [-0.39, 0.29) is 33.8 Å². The van der Waals surface area contributed by atoms with Crippen molar-refractivity contribution in [3.63, 3.8) is 0 Å². The highest BCUT2D eigenvalue weighted by molar-refractivity contribution is 7.95. The first-order chi connectivity index (χ1) is 30.2. The van der Waals surface area contributed by atoms with Crippen LogP contribution in [0, 0.1) is 0 Å². The number of alkyl halides is 5. The van der Waals surface area contributed by atoms with E-state index < -0.39 is 29.2 Å². The summed E-state index contributed by atoms with van der Waals surface area (Å²) in [6.45, 7) is 0. The van der Waals surface area contributed by atoms with Gasteiger partial charge in [-0.25, -0.2) is 13.0 Å². The predicted molar refractivity (Wildman–Crippen MR) is 240 cm³/mol. The van der Waals surface area contributed by atoms with E-state index in [1.807, 2.05) is 133 Å². The maximum absolute atomic E-state index is 15.5. The van der Waals surface area contributed by atoms with Gasteiger partial charge >= 0.3 is 19.2 Å². The van der Waals surface area contributed by atoms with E-state index >= 15 is 13.3 Å². The quantitative estimate of drug-likeness (QED) is 0.106. The molecule has 0 fully saturated rings. The lowest BCUT2D eigenvalue weighted by molar-refractivity contribution is -0.241. The zero-order valence-electron chi connectivity index (χ0n) is 32.5. The van der Waals surface area contributed by atoms with Crippen LogP contribution in [0.3, 0.4) is 0 Å². The molecule has 1 N–H and O–H groups in total. The Morgan fingerprint density at radius 1 is 0.413 bits per heavy atom. The summed E-state index contributed by atoms with van der Waals surface area (Å²) in [6, 6.07) is 51.8. The number of rotatable bonds is 5. The van der Waals surface area contributed by atoms with Crippen LogP contribution in [0.25, 0.3) is 98.0 Å². The van der Waals surface area contributed by atoms with Crippen LogP contribution in [0.2, 0.25) is 0 Å². The fourth-order valence-electron chi connectivity index (χ4n) is 8.95. The summed E-state index contributed by atoms with van der Waals surface area (Å²) in [7, 11) is -12.8. The van der Waals surface area contributed by atoms with Gasteiger partial charge in [-0.15, -0.1) is 0 Å². The fourth-order valence-corrected chi connectivity index (χ4v) is 12.1. The molecule has 0 unspecified atom stereocenters. The molecule has 0 saturated heterocycles. The minimum absolute atomic E-state index is 0.245. The van der Waals surface area contributed by atoms with E-state index in [1.54, 1.807) is 36.4 Å². The van der Waals surface area contributed by atoms with Gasteiger partial charge in [0.05, 0.1) is 0 Å². The minimum atomic E-state index is -6.89. The maximum Gasteiger partial charge on any atom is 0.526 e. The summed E-state index contributed by atoms with van der Waals surface area (Å²) in [6.07, 6.45) is -6.60. The first-order valence-corrected chi connectivity index (χ1v) is 22.7. The number of sulfonamides is 1. The van der Waals surface area contributed by atoms with E-state index in [0.717, 1.165) is 36.8 Å². The van der Waals surface area contributed by atoms with Crippen molar-refractivity contribution in [2.45, 2.75) is 11.4 Å². The average molecular weight is 882 g/mol. The molecule has 310 valence electrons. The molecule has 0 spiro atoms. The Balaban J connectivity index is 1.33. The van der Waals surface area contributed by atoms with Crippen LogP contribution < -0.4 is 13.5 Å². The van der Waals surface area contributed by atoms with Gasteiger partial charge in [0, 0.05) is 22.3 Å². The van der Waals surface area contributed by atoms with E-state index in [0.29, 0.717) is 43.4 Å². The molecule has 0 bridgehead atoms. The van der Waals surface area contributed by atoms with Gasteiger partial charge in [0.1, 0.15) is 11.5 Å². The van der Waals surface area contributed by atoms with Gasteiger partial charge in [0.25, 0.3) is 10.0 Å². The van der Waals surface area contributed by atoms with Gasteiger partial charge in [0.15, 0.2) is 0 Å². The molecular formula is C50H29F5NO5PS. The number of benzene rings is 10. The molecule has 10 aromatic rings. The van der Waals surface area contributed by atoms with Crippen LogP contribution >= 0.6 is 7.75 Å². The maximum atomic E-state index is 15.5. The van der Waals surface area contributed by atoms with E-state index in [1.165, 1.54) is 0 Å². The molecule has 1 aliphatic heterocycles. The summed E-state index contributed by atoms with van der Waals surface area (Å²) in [5, 5.41) is 2.36. The molecular weight excluding hydrogens is 853 g/mol. The SMILES string of the molecule is O=P1(NS(=O)(=O)C(F)(F)C(F)(F)F)Oc2c(-c3cc4ccccc4c4ccccc34)cc3ccccc3c2-c2c(c(-c3cc4ccccc4c4ccccc34)cc3ccccc23)O1. The Morgan fingerprint density at radius 3 is 1.10 bits per heavy atom. The van der Waals surface area contributed by atoms with Gasteiger partial charge < -0.3 is 9.05 Å². The van der Waals surface area contributed by atoms with Crippen molar-refractivity contribution in [2.24, 2.45) is 0 Å². The summed E-state index contributed by atoms with van der Waals surface area (Å²) in [5.74, 6) is -0.528. The highest BCUT2D eigenvalue weighted by Crippen LogP contribution is 2.63. The number of fused-ring (bicyclic) bond motifs is 13. The fraction of sp³-hybridized carbons (Fsp3) is 0.0400. The van der Waals surface area contributed by atoms with Crippen LogP contribution in [0.1, 0.15) is 0 Å².